The lowest BCUT2D eigenvalue weighted by Gasteiger charge is -2.27. The second-order valence-corrected chi connectivity index (χ2v) is 9.08. The van der Waals surface area contributed by atoms with E-state index in [1.807, 2.05) is 18.4 Å². The third-order valence-electron chi connectivity index (χ3n) is 3.16. The van der Waals surface area contributed by atoms with Gasteiger partial charge in [0.15, 0.2) is 0 Å². The van der Waals surface area contributed by atoms with Crippen LogP contribution in [0.4, 0.5) is 15.5 Å². The monoisotopic (exact) mass is 391 g/mol. The van der Waals surface area contributed by atoms with Crippen LogP contribution in [0, 0.1) is 6.92 Å². The predicted octanol–water partition coefficient (Wildman–Crippen LogP) is 5.19. The van der Waals surface area contributed by atoms with E-state index >= 15 is 0 Å². The average molecular weight is 391 g/mol. The van der Waals surface area contributed by atoms with Gasteiger partial charge in [-0.15, -0.1) is 16.2 Å². The minimum atomic E-state index is -0.892. The van der Waals surface area contributed by atoms with Crippen LogP contribution in [0.3, 0.4) is 0 Å². The average Bonchev–Trinajstić information content (AvgIpc) is 2.90. The minimum absolute atomic E-state index is 0.102. The molecular weight excluding hydrogens is 366 g/mol. The maximum absolute atomic E-state index is 12.6. The molecule has 0 bridgehead atoms. The summed E-state index contributed by atoms with van der Waals surface area (Å²) in [5.41, 5.74) is 0.231. The molecule has 0 saturated carbocycles. The van der Waals surface area contributed by atoms with Crippen molar-refractivity contribution in [1.82, 2.24) is 9.97 Å². The Labute approximate surface area is 163 Å². The van der Waals surface area contributed by atoms with Crippen LogP contribution in [-0.2, 0) is 9.47 Å². The Kier molecular flexibility index (Phi) is 5.89. The topological polar surface area (TPSA) is 81.6 Å². The van der Waals surface area contributed by atoms with Gasteiger partial charge in [0, 0.05) is 22.8 Å². The number of anilines is 1. The maximum atomic E-state index is 12.6. The summed E-state index contributed by atoms with van der Waals surface area (Å²) in [6, 6.07) is 1.97. The standard InChI is InChI=1S/C19H25N3O4S/c1-12-14(8-9-27-12)13-10-20-15(21-11-13)22(16(23)25-18(2,3)4)17(24)26-19(5,6)7/h8-11H,1-7H3. The number of aryl methyl sites for hydroxylation is 1. The van der Waals surface area contributed by atoms with Gasteiger partial charge in [0.2, 0.25) is 5.95 Å². The van der Waals surface area contributed by atoms with E-state index < -0.39 is 23.4 Å². The molecule has 0 unspecified atom stereocenters. The summed E-state index contributed by atoms with van der Waals surface area (Å²) in [4.78, 5) is 35.4. The molecule has 8 heteroatoms. The first-order chi connectivity index (χ1) is 12.4. The van der Waals surface area contributed by atoms with Gasteiger partial charge >= 0.3 is 12.2 Å². The molecule has 0 aromatic carbocycles. The molecular formula is C19H25N3O4S. The van der Waals surface area contributed by atoms with Crippen LogP contribution in [0.1, 0.15) is 46.4 Å². The fraction of sp³-hybridized carbons (Fsp3) is 0.474. The molecule has 0 atom stereocenters. The molecule has 2 aromatic rings. The number of hydrogen-bond donors (Lipinski definition) is 0. The highest BCUT2D eigenvalue weighted by Gasteiger charge is 2.34. The van der Waals surface area contributed by atoms with Crippen LogP contribution < -0.4 is 4.90 Å². The van der Waals surface area contributed by atoms with Gasteiger partial charge < -0.3 is 9.47 Å². The normalized spacial score (nSPS) is 11.8. The molecule has 0 spiro atoms. The number of imide groups is 1. The van der Waals surface area contributed by atoms with E-state index in [9.17, 15) is 9.59 Å². The summed E-state index contributed by atoms with van der Waals surface area (Å²) < 4.78 is 10.6. The zero-order chi connectivity index (χ0) is 20.4. The smallest absolute Gasteiger partial charge is 0.427 e. The van der Waals surface area contributed by atoms with Crippen LogP contribution in [-0.4, -0.2) is 33.4 Å². The molecule has 0 N–H and O–H groups in total. The molecule has 0 aliphatic rings. The van der Waals surface area contributed by atoms with Gasteiger partial charge in [0.05, 0.1) is 0 Å². The van der Waals surface area contributed by atoms with Gasteiger partial charge in [0.1, 0.15) is 11.2 Å². The number of amides is 2. The summed E-state index contributed by atoms with van der Waals surface area (Å²) in [6.07, 6.45) is 1.35. The van der Waals surface area contributed by atoms with Crippen molar-refractivity contribution in [3.05, 3.63) is 28.7 Å². The van der Waals surface area contributed by atoms with Crippen LogP contribution >= 0.6 is 11.3 Å². The van der Waals surface area contributed by atoms with Crippen molar-refractivity contribution in [2.24, 2.45) is 0 Å². The molecule has 0 aliphatic carbocycles. The predicted molar refractivity (Wildman–Crippen MR) is 105 cm³/mol. The molecule has 0 saturated heterocycles. The van der Waals surface area contributed by atoms with Crippen LogP contribution in [0.25, 0.3) is 11.1 Å². The fourth-order valence-electron chi connectivity index (χ4n) is 2.11. The van der Waals surface area contributed by atoms with Crippen molar-refractivity contribution < 1.29 is 19.1 Å². The SMILES string of the molecule is Cc1sccc1-c1cnc(N(C(=O)OC(C)(C)C)C(=O)OC(C)(C)C)nc1. The number of ether oxygens (including phenoxy) is 2. The Morgan fingerprint density at radius 3 is 1.81 bits per heavy atom. The molecule has 0 aliphatic heterocycles. The summed E-state index contributed by atoms with van der Waals surface area (Å²) >= 11 is 1.62. The van der Waals surface area contributed by atoms with Gasteiger partial charge in [0.25, 0.3) is 0 Å². The second-order valence-electron chi connectivity index (χ2n) is 7.96. The number of hydrogen-bond acceptors (Lipinski definition) is 7. The second kappa shape index (κ2) is 7.64. The van der Waals surface area contributed by atoms with Crippen LogP contribution in [0.2, 0.25) is 0 Å². The summed E-state index contributed by atoms with van der Waals surface area (Å²) in [5, 5.41) is 1.98. The van der Waals surface area contributed by atoms with Crippen molar-refractivity contribution in [1.29, 1.82) is 0 Å². The number of nitrogens with zero attached hydrogens (tertiary/aromatic N) is 3. The first-order valence-electron chi connectivity index (χ1n) is 8.50. The Hall–Kier alpha value is -2.48. The Bertz CT molecular complexity index is 789. The molecule has 7 nitrogen and oxygen atoms in total. The number of aromatic nitrogens is 2. The number of thiophene rings is 1. The number of rotatable bonds is 2. The van der Waals surface area contributed by atoms with Crippen molar-refractivity contribution in [2.45, 2.75) is 59.7 Å². The van der Waals surface area contributed by atoms with E-state index in [0.29, 0.717) is 4.90 Å². The largest absolute Gasteiger partial charge is 0.443 e. The van der Waals surface area contributed by atoms with E-state index in [2.05, 4.69) is 9.97 Å². The lowest BCUT2D eigenvalue weighted by atomic mass is 10.1. The zero-order valence-electron chi connectivity index (χ0n) is 16.7. The van der Waals surface area contributed by atoms with Crippen molar-refractivity contribution >= 4 is 29.5 Å². The van der Waals surface area contributed by atoms with Crippen molar-refractivity contribution in [3.8, 4) is 11.1 Å². The van der Waals surface area contributed by atoms with Crippen LogP contribution in [0.5, 0.6) is 0 Å². The van der Waals surface area contributed by atoms with Gasteiger partial charge in [-0.1, -0.05) is 0 Å². The van der Waals surface area contributed by atoms with E-state index in [4.69, 9.17) is 9.47 Å². The summed E-state index contributed by atoms with van der Waals surface area (Å²) in [7, 11) is 0. The van der Waals surface area contributed by atoms with E-state index in [-0.39, 0.29) is 5.95 Å². The zero-order valence-corrected chi connectivity index (χ0v) is 17.5. The summed E-state index contributed by atoms with van der Waals surface area (Å²) in [6.45, 7) is 12.3. The van der Waals surface area contributed by atoms with Gasteiger partial charge in [-0.05, 0) is 65.5 Å². The van der Waals surface area contributed by atoms with E-state index in [1.54, 1.807) is 65.3 Å². The fourth-order valence-corrected chi connectivity index (χ4v) is 2.83. The molecule has 2 rings (SSSR count). The Morgan fingerprint density at radius 2 is 1.44 bits per heavy atom. The molecule has 27 heavy (non-hydrogen) atoms. The first kappa shape index (κ1) is 20.8. The quantitative estimate of drug-likeness (QED) is 0.701. The molecule has 2 aromatic heterocycles. The maximum Gasteiger partial charge on any atom is 0.427 e. The highest BCUT2D eigenvalue weighted by Crippen LogP contribution is 2.27. The van der Waals surface area contributed by atoms with Crippen molar-refractivity contribution in [3.63, 3.8) is 0 Å². The Morgan fingerprint density at radius 1 is 0.963 bits per heavy atom. The van der Waals surface area contributed by atoms with Crippen LogP contribution in [0.15, 0.2) is 23.8 Å². The third kappa shape index (κ3) is 5.75. The number of carbonyl (C=O) groups is 2. The molecule has 2 heterocycles. The van der Waals surface area contributed by atoms with E-state index in [1.165, 1.54) is 0 Å². The van der Waals surface area contributed by atoms with Gasteiger partial charge in [-0.2, -0.15) is 0 Å². The molecule has 2 amide bonds. The van der Waals surface area contributed by atoms with Crippen molar-refractivity contribution in [2.75, 3.05) is 4.90 Å². The molecule has 146 valence electrons. The third-order valence-corrected chi connectivity index (χ3v) is 4.01. The van der Waals surface area contributed by atoms with Gasteiger partial charge in [-0.3, -0.25) is 0 Å². The number of carbonyl (C=O) groups excluding carboxylic acids is 2. The first-order valence-corrected chi connectivity index (χ1v) is 9.38. The molecule has 0 radical (unpaired) electrons. The van der Waals surface area contributed by atoms with E-state index in [0.717, 1.165) is 16.0 Å². The Balaban J connectivity index is 2.36. The summed E-state index contributed by atoms with van der Waals surface area (Å²) in [5.74, 6) is -0.102. The van der Waals surface area contributed by atoms with Gasteiger partial charge in [-0.25, -0.2) is 19.6 Å². The highest BCUT2D eigenvalue weighted by atomic mass is 32.1. The molecule has 0 fully saturated rings. The highest BCUT2D eigenvalue weighted by molar-refractivity contribution is 7.10. The minimum Gasteiger partial charge on any atom is -0.443 e. The lowest BCUT2D eigenvalue weighted by molar-refractivity contribution is 0.0427. The lowest BCUT2D eigenvalue weighted by Crippen LogP contribution is -2.44.